The molecule has 0 amide bonds. The second-order valence-corrected chi connectivity index (χ2v) is 4.39. The van der Waals surface area contributed by atoms with Gasteiger partial charge >= 0.3 is 0 Å². The van der Waals surface area contributed by atoms with E-state index in [1.54, 1.807) is 12.5 Å². The van der Waals surface area contributed by atoms with E-state index >= 15 is 0 Å². The molecule has 0 bridgehead atoms. The smallest absolute Gasteiger partial charge is 0.138 e. The van der Waals surface area contributed by atoms with Gasteiger partial charge in [-0.3, -0.25) is 9.67 Å². The van der Waals surface area contributed by atoms with Crippen LogP contribution in [-0.4, -0.2) is 32.8 Å². The summed E-state index contributed by atoms with van der Waals surface area (Å²) in [5.41, 5.74) is 1.27. The van der Waals surface area contributed by atoms with Crippen LogP contribution in [0.2, 0.25) is 0 Å². The molecule has 0 aliphatic carbocycles. The van der Waals surface area contributed by atoms with Crippen molar-refractivity contribution < 1.29 is 0 Å². The maximum atomic E-state index is 4.26. The Labute approximate surface area is 107 Å². The van der Waals surface area contributed by atoms with E-state index in [0.29, 0.717) is 6.04 Å². The molecule has 2 rings (SSSR count). The van der Waals surface area contributed by atoms with Gasteiger partial charge in [-0.2, -0.15) is 5.10 Å². The molecule has 2 aromatic rings. The fourth-order valence-corrected chi connectivity index (χ4v) is 1.96. The van der Waals surface area contributed by atoms with Crippen LogP contribution in [0.3, 0.4) is 0 Å². The first-order chi connectivity index (χ1) is 8.79. The molecule has 0 radical (unpaired) electrons. The number of aryl methyl sites for hydroxylation is 2. The van der Waals surface area contributed by atoms with Crippen molar-refractivity contribution in [1.82, 2.24) is 25.1 Å². The van der Waals surface area contributed by atoms with Gasteiger partial charge in [-0.25, -0.2) is 4.98 Å². The van der Waals surface area contributed by atoms with E-state index in [1.807, 2.05) is 31.0 Å². The molecule has 18 heavy (non-hydrogen) atoms. The molecule has 1 unspecified atom stereocenters. The molecule has 5 nitrogen and oxygen atoms in total. The van der Waals surface area contributed by atoms with Crippen molar-refractivity contribution in [3.63, 3.8) is 0 Å². The van der Waals surface area contributed by atoms with Crippen LogP contribution < -0.4 is 5.32 Å². The third-order valence-electron chi connectivity index (χ3n) is 3.15. The minimum Gasteiger partial charge on any atom is -0.317 e. The van der Waals surface area contributed by atoms with Gasteiger partial charge in [0.25, 0.3) is 0 Å². The van der Waals surface area contributed by atoms with E-state index in [0.717, 1.165) is 25.1 Å². The van der Waals surface area contributed by atoms with Crippen LogP contribution in [0.5, 0.6) is 0 Å². The molecule has 0 aliphatic rings. The van der Waals surface area contributed by atoms with Crippen LogP contribution in [0, 0.1) is 0 Å². The molecule has 2 heterocycles. The highest BCUT2D eigenvalue weighted by Crippen LogP contribution is 2.07. The van der Waals surface area contributed by atoms with Crippen LogP contribution >= 0.6 is 0 Å². The number of rotatable bonds is 6. The van der Waals surface area contributed by atoms with E-state index in [-0.39, 0.29) is 0 Å². The second-order valence-electron chi connectivity index (χ2n) is 4.39. The molecule has 0 fully saturated rings. The first-order valence-corrected chi connectivity index (χ1v) is 6.18. The van der Waals surface area contributed by atoms with E-state index in [2.05, 4.69) is 26.4 Å². The lowest BCUT2D eigenvalue weighted by molar-refractivity contribution is 0.497. The summed E-state index contributed by atoms with van der Waals surface area (Å²) in [4.78, 5) is 8.39. The number of hydrogen-bond acceptors (Lipinski definition) is 4. The molecule has 96 valence electrons. The van der Waals surface area contributed by atoms with Gasteiger partial charge in [-0.1, -0.05) is 6.07 Å². The van der Waals surface area contributed by atoms with Gasteiger partial charge in [0.15, 0.2) is 0 Å². The lowest BCUT2D eigenvalue weighted by Crippen LogP contribution is -2.29. The molecule has 5 heteroatoms. The zero-order valence-corrected chi connectivity index (χ0v) is 10.9. The second kappa shape index (κ2) is 6.26. The number of aromatic nitrogens is 4. The van der Waals surface area contributed by atoms with Gasteiger partial charge in [0.2, 0.25) is 0 Å². The summed E-state index contributed by atoms with van der Waals surface area (Å²) in [5, 5.41) is 7.43. The van der Waals surface area contributed by atoms with Crippen LogP contribution in [0.15, 0.2) is 30.9 Å². The predicted molar refractivity (Wildman–Crippen MR) is 70.1 cm³/mol. The maximum absolute atomic E-state index is 4.26. The largest absolute Gasteiger partial charge is 0.317 e. The fraction of sp³-hybridized carbons (Fsp3) is 0.462. The SMILES string of the molecule is CNC(CCc1cccnc1)Cc1ncnn1C. The summed E-state index contributed by atoms with van der Waals surface area (Å²) in [6, 6.07) is 4.50. The lowest BCUT2D eigenvalue weighted by atomic mass is 10.0. The Balaban J connectivity index is 1.88. The van der Waals surface area contributed by atoms with Crippen molar-refractivity contribution in [3.05, 3.63) is 42.2 Å². The monoisotopic (exact) mass is 245 g/mol. The van der Waals surface area contributed by atoms with Crippen molar-refractivity contribution >= 4 is 0 Å². The minimum atomic E-state index is 0.410. The van der Waals surface area contributed by atoms with Crippen LogP contribution in [0.1, 0.15) is 17.8 Å². The van der Waals surface area contributed by atoms with Crippen LogP contribution in [0.4, 0.5) is 0 Å². The quantitative estimate of drug-likeness (QED) is 0.824. The summed E-state index contributed by atoms with van der Waals surface area (Å²) in [5.74, 6) is 1.01. The molecule has 0 saturated carbocycles. The van der Waals surface area contributed by atoms with Crippen molar-refractivity contribution in [3.8, 4) is 0 Å². The Kier molecular flexibility index (Phi) is 4.41. The summed E-state index contributed by atoms with van der Waals surface area (Å²) < 4.78 is 1.83. The number of pyridine rings is 1. The van der Waals surface area contributed by atoms with Crippen LogP contribution in [-0.2, 0) is 19.9 Å². The average Bonchev–Trinajstić information content (AvgIpc) is 2.81. The van der Waals surface area contributed by atoms with Gasteiger partial charge < -0.3 is 5.32 Å². The van der Waals surface area contributed by atoms with E-state index in [9.17, 15) is 0 Å². The van der Waals surface area contributed by atoms with Crippen LogP contribution in [0.25, 0.3) is 0 Å². The fourth-order valence-electron chi connectivity index (χ4n) is 1.96. The summed E-state index contributed by atoms with van der Waals surface area (Å²) in [6.45, 7) is 0. The molecule has 1 atom stereocenters. The molecule has 1 N–H and O–H groups in total. The number of nitrogens with one attached hydrogen (secondary N) is 1. The van der Waals surface area contributed by atoms with Gasteiger partial charge in [0, 0.05) is 31.9 Å². The molecule has 0 aromatic carbocycles. The predicted octanol–water partition coefficient (Wildman–Crippen LogP) is 0.973. The van der Waals surface area contributed by atoms with E-state index in [1.165, 1.54) is 5.56 Å². The highest BCUT2D eigenvalue weighted by atomic mass is 15.3. The Morgan fingerprint density at radius 3 is 2.94 bits per heavy atom. The van der Waals surface area contributed by atoms with E-state index < -0.39 is 0 Å². The molecule has 0 saturated heterocycles. The van der Waals surface area contributed by atoms with Gasteiger partial charge in [-0.15, -0.1) is 0 Å². The Hall–Kier alpha value is -1.75. The summed E-state index contributed by atoms with van der Waals surface area (Å²) >= 11 is 0. The van der Waals surface area contributed by atoms with Crippen molar-refractivity contribution in [2.75, 3.05) is 7.05 Å². The molecule has 0 aliphatic heterocycles. The third-order valence-corrected chi connectivity index (χ3v) is 3.15. The maximum Gasteiger partial charge on any atom is 0.138 e. The first-order valence-electron chi connectivity index (χ1n) is 6.18. The molecule has 0 spiro atoms. The zero-order chi connectivity index (χ0) is 12.8. The normalized spacial score (nSPS) is 12.6. The zero-order valence-electron chi connectivity index (χ0n) is 10.9. The van der Waals surface area contributed by atoms with Gasteiger partial charge in [-0.05, 0) is 31.5 Å². The minimum absolute atomic E-state index is 0.410. The lowest BCUT2D eigenvalue weighted by Gasteiger charge is -2.15. The summed E-state index contributed by atoms with van der Waals surface area (Å²) in [6.07, 6.45) is 8.32. The Bertz CT molecular complexity index is 465. The van der Waals surface area contributed by atoms with Crippen molar-refractivity contribution in [2.24, 2.45) is 7.05 Å². The third kappa shape index (κ3) is 3.37. The topological polar surface area (TPSA) is 55.6 Å². The number of hydrogen-bond donors (Lipinski definition) is 1. The number of nitrogens with zero attached hydrogens (tertiary/aromatic N) is 4. The summed E-state index contributed by atoms with van der Waals surface area (Å²) in [7, 11) is 3.92. The standard InChI is InChI=1S/C13H19N5/c1-14-12(8-13-16-10-17-18(13)2)6-5-11-4-3-7-15-9-11/h3-4,7,9-10,12,14H,5-6,8H2,1-2H3. The van der Waals surface area contributed by atoms with Crippen molar-refractivity contribution in [1.29, 1.82) is 0 Å². The number of likely N-dealkylation sites (N-methyl/N-ethyl adjacent to an activating group) is 1. The molecular weight excluding hydrogens is 226 g/mol. The van der Waals surface area contributed by atoms with Crippen molar-refractivity contribution in [2.45, 2.75) is 25.3 Å². The highest BCUT2D eigenvalue weighted by Gasteiger charge is 2.11. The Morgan fingerprint density at radius 1 is 1.44 bits per heavy atom. The van der Waals surface area contributed by atoms with Gasteiger partial charge in [0.1, 0.15) is 12.2 Å². The average molecular weight is 245 g/mol. The first kappa shape index (κ1) is 12.7. The van der Waals surface area contributed by atoms with E-state index in [4.69, 9.17) is 0 Å². The Morgan fingerprint density at radius 2 is 2.33 bits per heavy atom. The molecule has 2 aromatic heterocycles. The highest BCUT2D eigenvalue weighted by molar-refractivity contribution is 5.08. The molecular formula is C13H19N5. The van der Waals surface area contributed by atoms with Gasteiger partial charge in [0.05, 0.1) is 0 Å².